The topological polar surface area (TPSA) is 88.8 Å². The fourth-order valence-electron chi connectivity index (χ4n) is 3.05. The van der Waals surface area contributed by atoms with E-state index in [2.05, 4.69) is 9.72 Å². The summed E-state index contributed by atoms with van der Waals surface area (Å²) in [5.41, 5.74) is 6.00. The number of ether oxygens (including phenoxy) is 1. The molecule has 0 spiro atoms. The molecule has 0 aliphatic carbocycles. The minimum atomic E-state index is -4.83. The molecule has 0 bridgehead atoms. The fraction of sp³-hybridized carbons (Fsp3) is 0.316. The molecule has 1 aliphatic rings. The van der Waals surface area contributed by atoms with Crippen LogP contribution in [0.1, 0.15) is 25.1 Å². The van der Waals surface area contributed by atoms with Crippen LogP contribution in [-0.2, 0) is 17.9 Å². The first-order valence-electron chi connectivity index (χ1n) is 8.69. The van der Waals surface area contributed by atoms with Gasteiger partial charge in [-0.15, -0.1) is 13.2 Å². The van der Waals surface area contributed by atoms with E-state index < -0.39 is 29.6 Å². The van der Waals surface area contributed by atoms with Crippen molar-refractivity contribution in [3.63, 3.8) is 0 Å². The number of rotatable bonds is 5. The first-order chi connectivity index (χ1) is 13.5. The van der Waals surface area contributed by atoms with Gasteiger partial charge >= 0.3 is 12.4 Å². The quantitative estimate of drug-likeness (QED) is 0.768. The van der Waals surface area contributed by atoms with Crippen molar-refractivity contribution in [2.75, 3.05) is 4.90 Å². The van der Waals surface area contributed by atoms with Crippen molar-refractivity contribution >= 4 is 17.6 Å². The molecule has 2 aromatic rings. The van der Waals surface area contributed by atoms with E-state index in [0.29, 0.717) is 5.69 Å². The van der Waals surface area contributed by atoms with E-state index in [1.807, 2.05) is 0 Å². The minimum absolute atomic E-state index is 0.152. The molecular formula is C19H19F3N4O3. The molecular weight excluding hydrogens is 389 g/mol. The molecule has 0 radical (unpaired) electrons. The van der Waals surface area contributed by atoms with Crippen molar-refractivity contribution < 1.29 is 27.5 Å². The second-order valence-corrected chi connectivity index (χ2v) is 6.97. The third kappa shape index (κ3) is 4.16. The smallest absolute Gasteiger partial charge is 0.406 e. The Morgan fingerprint density at radius 1 is 1.14 bits per heavy atom. The summed E-state index contributed by atoms with van der Waals surface area (Å²) in [6, 6.07) is 7.46. The molecule has 1 saturated heterocycles. The Balaban J connectivity index is 1.86. The maximum absolute atomic E-state index is 13.0. The van der Waals surface area contributed by atoms with Crippen LogP contribution in [0.15, 0.2) is 42.6 Å². The summed E-state index contributed by atoms with van der Waals surface area (Å²) in [6.45, 7) is 3.61. The van der Waals surface area contributed by atoms with Gasteiger partial charge in [-0.25, -0.2) is 9.69 Å². The molecule has 1 aromatic heterocycles. The molecule has 10 heteroatoms. The number of hydrogen-bond donors (Lipinski definition) is 1. The van der Waals surface area contributed by atoms with Gasteiger partial charge in [-0.2, -0.15) is 0 Å². The first-order valence-corrected chi connectivity index (χ1v) is 8.69. The van der Waals surface area contributed by atoms with Crippen LogP contribution in [0.5, 0.6) is 5.75 Å². The molecule has 2 N–H and O–H groups in total. The maximum Gasteiger partial charge on any atom is 0.573 e. The Morgan fingerprint density at radius 3 is 2.38 bits per heavy atom. The van der Waals surface area contributed by atoms with Gasteiger partial charge in [-0.05, 0) is 55.8 Å². The molecule has 3 rings (SSSR count). The molecule has 1 aromatic carbocycles. The summed E-state index contributed by atoms with van der Waals surface area (Å²) in [7, 11) is 0. The SMILES string of the molecule is CC1(C)C(=O)N(c2ccc(OC(F)(F)F)cc2)C(=O)N1Cc1ccnc(CN)c1. The molecule has 0 saturated carbocycles. The number of carbonyl (C=O) groups is 2. The minimum Gasteiger partial charge on any atom is -0.406 e. The van der Waals surface area contributed by atoms with Gasteiger partial charge in [0.15, 0.2) is 0 Å². The Kier molecular flexibility index (Phi) is 5.22. The first kappa shape index (κ1) is 20.6. The summed E-state index contributed by atoms with van der Waals surface area (Å²) in [6.07, 6.45) is -3.25. The number of pyridine rings is 1. The lowest BCUT2D eigenvalue weighted by Gasteiger charge is -2.27. The average molecular weight is 408 g/mol. The lowest BCUT2D eigenvalue weighted by molar-refractivity contribution is -0.274. The lowest BCUT2D eigenvalue weighted by atomic mass is 10.0. The van der Waals surface area contributed by atoms with Crippen LogP contribution in [0, 0.1) is 0 Å². The average Bonchev–Trinajstić information content (AvgIpc) is 2.81. The number of nitrogens with zero attached hydrogens (tertiary/aromatic N) is 3. The molecule has 2 heterocycles. The molecule has 0 atom stereocenters. The third-order valence-corrected chi connectivity index (χ3v) is 4.58. The van der Waals surface area contributed by atoms with E-state index in [4.69, 9.17) is 5.73 Å². The molecule has 1 fully saturated rings. The van der Waals surface area contributed by atoms with Crippen LogP contribution in [0.3, 0.4) is 0 Å². The summed E-state index contributed by atoms with van der Waals surface area (Å²) >= 11 is 0. The number of urea groups is 1. The lowest BCUT2D eigenvalue weighted by Crippen LogP contribution is -2.43. The van der Waals surface area contributed by atoms with Crippen LogP contribution in [0.2, 0.25) is 0 Å². The number of imide groups is 1. The largest absolute Gasteiger partial charge is 0.573 e. The predicted octanol–water partition coefficient (Wildman–Crippen LogP) is 3.19. The normalized spacial score (nSPS) is 16.5. The van der Waals surface area contributed by atoms with Gasteiger partial charge in [0.05, 0.1) is 11.4 Å². The monoisotopic (exact) mass is 408 g/mol. The highest BCUT2D eigenvalue weighted by Gasteiger charge is 2.51. The van der Waals surface area contributed by atoms with Crippen LogP contribution in [0.4, 0.5) is 23.7 Å². The van der Waals surface area contributed by atoms with Crippen molar-refractivity contribution in [2.45, 2.75) is 38.8 Å². The molecule has 3 amide bonds. The Morgan fingerprint density at radius 2 is 1.79 bits per heavy atom. The van der Waals surface area contributed by atoms with E-state index >= 15 is 0 Å². The number of benzene rings is 1. The van der Waals surface area contributed by atoms with E-state index in [1.165, 1.54) is 17.0 Å². The highest BCUT2D eigenvalue weighted by atomic mass is 19.4. The zero-order valence-electron chi connectivity index (χ0n) is 15.7. The molecule has 154 valence electrons. The van der Waals surface area contributed by atoms with E-state index in [1.54, 1.807) is 32.2 Å². The fourth-order valence-corrected chi connectivity index (χ4v) is 3.05. The van der Waals surface area contributed by atoms with Crippen LogP contribution < -0.4 is 15.4 Å². The Labute approximate surface area is 164 Å². The molecule has 29 heavy (non-hydrogen) atoms. The van der Waals surface area contributed by atoms with E-state index in [-0.39, 0.29) is 18.8 Å². The van der Waals surface area contributed by atoms with Crippen LogP contribution >= 0.6 is 0 Å². The van der Waals surface area contributed by atoms with Crippen molar-refractivity contribution in [3.05, 3.63) is 53.9 Å². The standard InChI is InChI=1S/C19H19F3N4O3/c1-18(2)16(27)26(14-3-5-15(6-4-14)29-19(20,21)22)17(28)25(18)11-12-7-8-24-13(9-12)10-23/h3-9H,10-11,23H2,1-2H3. The van der Waals surface area contributed by atoms with E-state index in [0.717, 1.165) is 22.6 Å². The molecule has 7 nitrogen and oxygen atoms in total. The van der Waals surface area contributed by atoms with Gasteiger partial charge in [0.25, 0.3) is 5.91 Å². The maximum atomic E-state index is 13.0. The Bertz CT molecular complexity index is 929. The number of carbonyl (C=O) groups excluding carboxylic acids is 2. The second kappa shape index (κ2) is 7.36. The van der Waals surface area contributed by atoms with Gasteiger partial charge in [0.2, 0.25) is 0 Å². The summed E-state index contributed by atoms with van der Waals surface area (Å²) < 4.78 is 40.8. The zero-order valence-corrected chi connectivity index (χ0v) is 15.7. The van der Waals surface area contributed by atoms with Crippen LogP contribution in [0.25, 0.3) is 0 Å². The third-order valence-electron chi connectivity index (χ3n) is 4.58. The van der Waals surface area contributed by atoms with Crippen molar-refractivity contribution in [3.8, 4) is 5.75 Å². The van der Waals surface area contributed by atoms with Gasteiger partial charge < -0.3 is 15.4 Å². The van der Waals surface area contributed by atoms with E-state index in [9.17, 15) is 22.8 Å². The molecule has 0 unspecified atom stereocenters. The number of amides is 3. The van der Waals surface area contributed by atoms with Crippen molar-refractivity contribution in [1.82, 2.24) is 9.88 Å². The summed E-state index contributed by atoms with van der Waals surface area (Å²) in [5.74, 6) is -0.928. The number of halogens is 3. The number of hydrogen-bond acceptors (Lipinski definition) is 5. The van der Waals surface area contributed by atoms with Gasteiger partial charge in [0.1, 0.15) is 11.3 Å². The van der Waals surface area contributed by atoms with Gasteiger partial charge in [-0.3, -0.25) is 9.78 Å². The highest BCUT2D eigenvalue weighted by Crippen LogP contribution is 2.34. The second-order valence-electron chi connectivity index (χ2n) is 6.97. The van der Waals surface area contributed by atoms with Crippen LogP contribution in [-0.4, -0.2) is 33.7 Å². The Hall–Kier alpha value is -3.14. The highest BCUT2D eigenvalue weighted by molar-refractivity contribution is 6.22. The number of alkyl halides is 3. The van der Waals surface area contributed by atoms with Crippen molar-refractivity contribution in [1.29, 1.82) is 0 Å². The predicted molar refractivity (Wildman–Crippen MR) is 97.8 cm³/mol. The number of aromatic nitrogens is 1. The number of anilines is 1. The molecule has 1 aliphatic heterocycles. The summed E-state index contributed by atoms with van der Waals surface area (Å²) in [5, 5.41) is 0. The summed E-state index contributed by atoms with van der Waals surface area (Å²) in [4.78, 5) is 32.3. The van der Waals surface area contributed by atoms with Gasteiger partial charge in [-0.1, -0.05) is 0 Å². The van der Waals surface area contributed by atoms with Gasteiger partial charge in [0, 0.05) is 19.3 Å². The number of nitrogens with two attached hydrogens (primary N) is 1. The zero-order chi connectivity index (χ0) is 21.4. The van der Waals surface area contributed by atoms with Crippen molar-refractivity contribution in [2.24, 2.45) is 5.73 Å².